The first-order valence-electron chi connectivity index (χ1n) is 5.69. The average molecular weight is 240 g/mol. The van der Waals surface area contributed by atoms with Crippen molar-refractivity contribution in [1.29, 1.82) is 0 Å². The van der Waals surface area contributed by atoms with Gasteiger partial charge in [-0.1, -0.05) is 39.3 Å². The van der Waals surface area contributed by atoms with Gasteiger partial charge in [-0.2, -0.15) is 0 Å². The standard InChI is InChI=1S/C12H18ClN3/c1-7(2)9-10(13)14-6-15-11(9)16-8-5-12(8,3)4/h6-8H,5H2,1-4H3,(H,14,15,16). The molecular formula is C12H18ClN3. The highest BCUT2D eigenvalue weighted by Gasteiger charge is 2.46. The van der Waals surface area contributed by atoms with Gasteiger partial charge in [-0.05, 0) is 17.8 Å². The van der Waals surface area contributed by atoms with Crippen molar-refractivity contribution in [1.82, 2.24) is 9.97 Å². The summed E-state index contributed by atoms with van der Waals surface area (Å²) in [4.78, 5) is 8.34. The van der Waals surface area contributed by atoms with Crippen molar-refractivity contribution in [3.63, 3.8) is 0 Å². The molecule has 1 saturated carbocycles. The summed E-state index contributed by atoms with van der Waals surface area (Å²) in [5.41, 5.74) is 1.40. The molecule has 0 aromatic carbocycles. The molecule has 1 aliphatic rings. The number of hydrogen-bond acceptors (Lipinski definition) is 3. The van der Waals surface area contributed by atoms with Crippen molar-refractivity contribution in [3.05, 3.63) is 17.0 Å². The Labute approximate surface area is 102 Å². The second kappa shape index (κ2) is 3.88. The zero-order valence-electron chi connectivity index (χ0n) is 10.2. The first-order valence-corrected chi connectivity index (χ1v) is 6.06. The summed E-state index contributed by atoms with van der Waals surface area (Å²) in [6.07, 6.45) is 2.71. The lowest BCUT2D eigenvalue weighted by molar-refractivity contribution is 0.629. The molecule has 1 aliphatic carbocycles. The summed E-state index contributed by atoms with van der Waals surface area (Å²) in [5, 5.41) is 4.02. The Morgan fingerprint density at radius 2 is 2.06 bits per heavy atom. The lowest BCUT2D eigenvalue weighted by Gasteiger charge is -2.15. The van der Waals surface area contributed by atoms with Crippen molar-refractivity contribution in [2.75, 3.05) is 5.32 Å². The highest BCUT2D eigenvalue weighted by molar-refractivity contribution is 6.30. The van der Waals surface area contributed by atoms with Gasteiger partial charge in [0.2, 0.25) is 0 Å². The molecule has 2 rings (SSSR count). The Morgan fingerprint density at radius 1 is 1.44 bits per heavy atom. The molecule has 4 heteroatoms. The molecule has 0 saturated heterocycles. The number of aromatic nitrogens is 2. The fraction of sp³-hybridized carbons (Fsp3) is 0.667. The van der Waals surface area contributed by atoms with E-state index in [4.69, 9.17) is 11.6 Å². The zero-order chi connectivity index (χ0) is 11.9. The zero-order valence-corrected chi connectivity index (χ0v) is 11.0. The van der Waals surface area contributed by atoms with Gasteiger partial charge in [0.1, 0.15) is 17.3 Å². The predicted octanol–water partition coefficient (Wildman–Crippen LogP) is 3.46. The van der Waals surface area contributed by atoms with Gasteiger partial charge in [0, 0.05) is 11.6 Å². The van der Waals surface area contributed by atoms with E-state index in [9.17, 15) is 0 Å². The maximum Gasteiger partial charge on any atom is 0.138 e. The van der Waals surface area contributed by atoms with E-state index in [1.165, 1.54) is 12.7 Å². The molecule has 0 radical (unpaired) electrons. The van der Waals surface area contributed by atoms with Crippen molar-refractivity contribution in [2.24, 2.45) is 5.41 Å². The van der Waals surface area contributed by atoms with Crippen molar-refractivity contribution in [3.8, 4) is 0 Å². The van der Waals surface area contributed by atoms with Crippen LogP contribution in [0, 0.1) is 5.41 Å². The maximum absolute atomic E-state index is 6.11. The van der Waals surface area contributed by atoms with Crippen LogP contribution in [-0.2, 0) is 0 Å². The number of halogens is 1. The van der Waals surface area contributed by atoms with E-state index in [0.717, 1.165) is 11.4 Å². The first kappa shape index (κ1) is 11.6. The van der Waals surface area contributed by atoms with E-state index in [2.05, 4.69) is 43.0 Å². The smallest absolute Gasteiger partial charge is 0.138 e. The number of anilines is 1. The molecule has 1 atom stereocenters. The lowest BCUT2D eigenvalue weighted by atomic mass is 10.1. The van der Waals surface area contributed by atoms with Gasteiger partial charge in [0.25, 0.3) is 0 Å². The van der Waals surface area contributed by atoms with Crippen LogP contribution < -0.4 is 5.32 Å². The highest BCUT2D eigenvalue weighted by atomic mass is 35.5. The van der Waals surface area contributed by atoms with Crippen LogP contribution in [0.2, 0.25) is 5.15 Å². The van der Waals surface area contributed by atoms with Crippen LogP contribution in [0.25, 0.3) is 0 Å². The van der Waals surface area contributed by atoms with E-state index < -0.39 is 0 Å². The third kappa shape index (κ3) is 2.14. The number of rotatable bonds is 3. The summed E-state index contributed by atoms with van der Waals surface area (Å²) < 4.78 is 0. The number of nitrogens with one attached hydrogen (secondary N) is 1. The van der Waals surface area contributed by atoms with Gasteiger partial charge in [-0.3, -0.25) is 0 Å². The normalized spacial score (nSPS) is 22.2. The van der Waals surface area contributed by atoms with E-state index >= 15 is 0 Å². The second-order valence-electron chi connectivity index (χ2n) is 5.47. The number of hydrogen-bond donors (Lipinski definition) is 1. The molecule has 16 heavy (non-hydrogen) atoms. The van der Waals surface area contributed by atoms with E-state index in [1.54, 1.807) is 0 Å². The van der Waals surface area contributed by atoms with Crippen LogP contribution in [0.4, 0.5) is 5.82 Å². The quantitative estimate of drug-likeness (QED) is 0.821. The molecule has 0 aliphatic heterocycles. The van der Waals surface area contributed by atoms with Crippen molar-refractivity contribution in [2.45, 2.75) is 46.1 Å². The topological polar surface area (TPSA) is 37.8 Å². The molecule has 0 amide bonds. The van der Waals surface area contributed by atoms with Gasteiger partial charge in [-0.15, -0.1) is 0 Å². The third-order valence-electron chi connectivity index (χ3n) is 3.24. The molecule has 0 bridgehead atoms. The molecule has 1 fully saturated rings. The predicted molar refractivity (Wildman–Crippen MR) is 66.9 cm³/mol. The Balaban J connectivity index is 2.24. The molecule has 1 N–H and O–H groups in total. The molecule has 1 heterocycles. The average Bonchev–Trinajstić information content (AvgIpc) is 2.72. The Kier molecular flexibility index (Phi) is 2.82. The summed E-state index contributed by atoms with van der Waals surface area (Å²) in [6.45, 7) is 8.71. The van der Waals surface area contributed by atoms with Crippen LogP contribution in [0.15, 0.2) is 6.33 Å². The van der Waals surface area contributed by atoms with E-state index in [-0.39, 0.29) is 0 Å². The Morgan fingerprint density at radius 3 is 2.56 bits per heavy atom. The minimum Gasteiger partial charge on any atom is -0.366 e. The van der Waals surface area contributed by atoms with Crippen LogP contribution in [0.5, 0.6) is 0 Å². The molecule has 88 valence electrons. The van der Waals surface area contributed by atoms with Gasteiger partial charge in [0.15, 0.2) is 0 Å². The molecular weight excluding hydrogens is 222 g/mol. The van der Waals surface area contributed by atoms with E-state index in [0.29, 0.717) is 22.5 Å². The molecule has 1 aromatic heterocycles. The fourth-order valence-corrected chi connectivity index (χ4v) is 2.23. The molecule has 3 nitrogen and oxygen atoms in total. The van der Waals surface area contributed by atoms with Gasteiger partial charge < -0.3 is 5.32 Å². The van der Waals surface area contributed by atoms with Crippen LogP contribution >= 0.6 is 11.6 Å². The summed E-state index contributed by atoms with van der Waals surface area (Å²) in [6, 6.07) is 0.510. The van der Waals surface area contributed by atoms with E-state index in [1.807, 2.05) is 0 Å². The first-order chi connectivity index (χ1) is 7.42. The Bertz CT molecular complexity index is 401. The van der Waals surface area contributed by atoms with Crippen LogP contribution in [0.1, 0.15) is 45.6 Å². The van der Waals surface area contributed by atoms with Crippen LogP contribution in [0.3, 0.4) is 0 Å². The van der Waals surface area contributed by atoms with Crippen molar-refractivity contribution < 1.29 is 0 Å². The van der Waals surface area contributed by atoms with Gasteiger partial charge >= 0.3 is 0 Å². The Hall–Kier alpha value is -0.830. The summed E-state index contributed by atoms with van der Waals surface area (Å²) in [7, 11) is 0. The number of nitrogens with zero attached hydrogens (tertiary/aromatic N) is 2. The second-order valence-corrected chi connectivity index (χ2v) is 5.83. The van der Waals surface area contributed by atoms with Crippen molar-refractivity contribution >= 4 is 17.4 Å². The highest BCUT2D eigenvalue weighted by Crippen LogP contribution is 2.47. The molecule has 1 unspecified atom stereocenters. The minimum absolute atomic E-state index is 0.332. The van der Waals surface area contributed by atoms with Crippen LogP contribution in [-0.4, -0.2) is 16.0 Å². The van der Waals surface area contributed by atoms with Gasteiger partial charge in [0.05, 0.1) is 0 Å². The lowest BCUT2D eigenvalue weighted by Crippen LogP contribution is -2.12. The summed E-state index contributed by atoms with van der Waals surface area (Å²) >= 11 is 6.11. The summed E-state index contributed by atoms with van der Waals surface area (Å²) in [5.74, 6) is 1.23. The third-order valence-corrected chi connectivity index (χ3v) is 3.54. The molecule has 0 spiro atoms. The molecule has 1 aromatic rings. The fourth-order valence-electron chi connectivity index (χ4n) is 1.88. The minimum atomic E-state index is 0.332. The maximum atomic E-state index is 6.11. The largest absolute Gasteiger partial charge is 0.366 e. The monoisotopic (exact) mass is 239 g/mol. The SMILES string of the molecule is CC(C)c1c(Cl)ncnc1NC1CC1(C)C. The van der Waals surface area contributed by atoms with Gasteiger partial charge in [-0.25, -0.2) is 9.97 Å².